The summed E-state index contributed by atoms with van der Waals surface area (Å²) in [6.45, 7) is 0. The Morgan fingerprint density at radius 3 is 3.06 bits per heavy atom. The summed E-state index contributed by atoms with van der Waals surface area (Å²) < 4.78 is 5.61. The number of nitrogens with zero attached hydrogens (tertiary/aromatic N) is 1. The number of rotatable bonds is 1. The first-order valence-electron chi connectivity index (χ1n) is 5.48. The van der Waals surface area contributed by atoms with E-state index in [1.165, 1.54) is 0 Å². The number of aromatic nitrogens is 1. The van der Waals surface area contributed by atoms with Crippen LogP contribution in [-0.2, 0) is 6.42 Å². The van der Waals surface area contributed by atoms with Crippen molar-refractivity contribution in [3.05, 3.63) is 41.9 Å². The van der Waals surface area contributed by atoms with Gasteiger partial charge in [-0.3, -0.25) is 9.78 Å². The molecule has 2 heterocycles. The summed E-state index contributed by atoms with van der Waals surface area (Å²) in [7, 11) is 0. The molecule has 0 radical (unpaired) electrons. The molecular weight excluding hydrogens is 218 g/mol. The summed E-state index contributed by atoms with van der Waals surface area (Å²) in [4.78, 5) is 15.7. The van der Waals surface area contributed by atoms with Crippen LogP contribution in [0.2, 0.25) is 0 Å². The number of Topliss-reactive ketones (excluding diaryl/α,β-unsaturated/α-hetero) is 1. The Morgan fingerprint density at radius 1 is 1.41 bits per heavy atom. The van der Waals surface area contributed by atoms with Gasteiger partial charge in [-0.2, -0.15) is 0 Å². The molecule has 1 N–H and O–H groups in total. The molecule has 1 atom stereocenters. The van der Waals surface area contributed by atoms with E-state index in [1.807, 2.05) is 12.1 Å². The predicted molar refractivity (Wildman–Crippen MR) is 60.6 cm³/mol. The largest absolute Gasteiger partial charge is 0.460 e. The minimum absolute atomic E-state index is 0.0577. The maximum atomic E-state index is 11.7. The van der Waals surface area contributed by atoms with E-state index in [9.17, 15) is 9.90 Å². The van der Waals surface area contributed by atoms with Crippen molar-refractivity contribution in [1.82, 2.24) is 4.98 Å². The molecule has 2 aromatic rings. The number of pyridine rings is 1. The molecule has 2 aromatic heterocycles. The van der Waals surface area contributed by atoms with Gasteiger partial charge < -0.3 is 9.52 Å². The highest BCUT2D eigenvalue weighted by Crippen LogP contribution is 2.30. The molecule has 1 aliphatic carbocycles. The molecule has 0 spiro atoms. The molecule has 1 aliphatic rings. The molecule has 0 saturated carbocycles. The van der Waals surface area contributed by atoms with E-state index in [4.69, 9.17) is 4.42 Å². The fraction of sp³-hybridized carbons (Fsp3) is 0.231. The van der Waals surface area contributed by atoms with Gasteiger partial charge >= 0.3 is 0 Å². The Labute approximate surface area is 97.9 Å². The summed E-state index contributed by atoms with van der Waals surface area (Å²) in [5, 5.41) is 9.51. The van der Waals surface area contributed by atoms with Crippen molar-refractivity contribution in [2.45, 2.75) is 18.9 Å². The van der Waals surface area contributed by atoms with E-state index in [0.717, 1.165) is 5.56 Å². The standard InChI is InChI=1S/C13H11NO3/c15-9-4-11(16)10-6-12(17-13(10)5-9)8-2-1-3-14-7-8/h1-3,6-7,9,15H,4-5H2. The maximum absolute atomic E-state index is 11.7. The van der Waals surface area contributed by atoms with Gasteiger partial charge in [0.05, 0.1) is 11.7 Å². The molecule has 4 heteroatoms. The fourth-order valence-electron chi connectivity index (χ4n) is 2.08. The Bertz CT molecular complexity index is 559. The Morgan fingerprint density at radius 2 is 2.29 bits per heavy atom. The lowest BCUT2D eigenvalue weighted by Gasteiger charge is -2.13. The van der Waals surface area contributed by atoms with Crippen LogP contribution in [0.1, 0.15) is 22.5 Å². The van der Waals surface area contributed by atoms with E-state index in [2.05, 4.69) is 4.98 Å². The van der Waals surface area contributed by atoms with Gasteiger partial charge in [0.1, 0.15) is 11.5 Å². The highest BCUT2D eigenvalue weighted by atomic mass is 16.3. The van der Waals surface area contributed by atoms with Crippen molar-refractivity contribution in [2.75, 3.05) is 0 Å². The van der Waals surface area contributed by atoms with Crippen molar-refractivity contribution >= 4 is 5.78 Å². The van der Waals surface area contributed by atoms with Crippen molar-refractivity contribution in [3.63, 3.8) is 0 Å². The van der Waals surface area contributed by atoms with E-state index < -0.39 is 6.10 Å². The Balaban J connectivity index is 2.06. The third-order valence-corrected chi connectivity index (χ3v) is 2.90. The monoisotopic (exact) mass is 229 g/mol. The zero-order valence-electron chi connectivity index (χ0n) is 9.09. The maximum Gasteiger partial charge on any atom is 0.169 e. The van der Waals surface area contributed by atoms with Crippen molar-refractivity contribution < 1.29 is 14.3 Å². The average molecular weight is 229 g/mol. The van der Waals surface area contributed by atoms with Gasteiger partial charge in [0.25, 0.3) is 0 Å². The van der Waals surface area contributed by atoms with Gasteiger partial charge in [-0.15, -0.1) is 0 Å². The number of carbonyl (C=O) groups is 1. The predicted octanol–water partition coefficient (Wildman–Crippen LogP) is 1.83. The van der Waals surface area contributed by atoms with Crippen LogP contribution in [-0.4, -0.2) is 22.0 Å². The van der Waals surface area contributed by atoms with E-state index in [-0.39, 0.29) is 12.2 Å². The topological polar surface area (TPSA) is 63.3 Å². The molecular formula is C13H11NO3. The highest BCUT2D eigenvalue weighted by Gasteiger charge is 2.27. The van der Waals surface area contributed by atoms with Crippen LogP contribution in [0, 0.1) is 0 Å². The molecule has 0 saturated heterocycles. The zero-order valence-corrected chi connectivity index (χ0v) is 9.09. The van der Waals surface area contributed by atoms with Crippen LogP contribution in [0.3, 0.4) is 0 Å². The molecule has 1 unspecified atom stereocenters. The Hall–Kier alpha value is -1.94. The first-order chi connectivity index (χ1) is 8.24. The second-order valence-electron chi connectivity index (χ2n) is 4.17. The first kappa shape index (κ1) is 10.2. The van der Waals surface area contributed by atoms with E-state index >= 15 is 0 Å². The van der Waals surface area contributed by atoms with Crippen molar-refractivity contribution in [3.8, 4) is 11.3 Å². The molecule has 0 aromatic carbocycles. The number of ketones is 1. The normalized spacial score (nSPS) is 19.1. The van der Waals surface area contributed by atoms with Crippen LogP contribution >= 0.6 is 0 Å². The van der Waals surface area contributed by atoms with Crippen LogP contribution in [0.25, 0.3) is 11.3 Å². The second-order valence-corrected chi connectivity index (χ2v) is 4.17. The molecule has 0 fully saturated rings. The van der Waals surface area contributed by atoms with Crippen molar-refractivity contribution in [2.24, 2.45) is 0 Å². The molecule has 3 rings (SSSR count). The number of fused-ring (bicyclic) bond motifs is 1. The fourth-order valence-corrected chi connectivity index (χ4v) is 2.08. The summed E-state index contributed by atoms with van der Waals surface area (Å²) in [5.74, 6) is 1.15. The first-order valence-corrected chi connectivity index (χ1v) is 5.48. The Kier molecular flexibility index (Phi) is 2.30. The number of aliphatic hydroxyl groups is 1. The average Bonchev–Trinajstić information content (AvgIpc) is 2.74. The minimum atomic E-state index is -0.622. The van der Waals surface area contributed by atoms with Gasteiger partial charge in [0.15, 0.2) is 5.78 Å². The van der Waals surface area contributed by atoms with Gasteiger partial charge in [0.2, 0.25) is 0 Å². The lowest BCUT2D eigenvalue weighted by molar-refractivity contribution is 0.0839. The van der Waals surface area contributed by atoms with Gasteiger partial charge in [-0.25, -0.2) is 0 Å². The summed E-state index contributed by atoms with van der Waals surface area (Å²) in [6, 6.07) is 5.42. The van der Waals surface area contributed by atoms with Crippen LogP contribution < -0.4 is 0 Å². The SMILES string of the molecule is O=C1CC(O)Cc2oc(-c3cccnc3)cc21. The molecule has 17 heavy (non-hydrogen) atoms. The lowest BCUT2D eigenvalue weighted by atomic mass is 9.95. The molecule has 0 aliphatic heterocycles. The van der Waals surface area contributed by atoms with Gasteiger partial charge in [-0.05, 0) is 18.2 Å². The van der Waals surface area contributed by atoms with Gasteiger partial charge in [0, 0.05) is 30.8 Å². The van der Waals surface area contributed by atoms with Crippen LogP contribution in [0.15, 0.2) is 35.0 Å². The lowest BCUT2D eigenvalue weighted by Crippen LogP contribution is -2.22. The molecule has 86 valence electrons. The molecule has 0 bridgehead atoms. The van der Waals surface area contributed by atoms with Crippen LogP contribution in [0.4, 0.5) is 0 Å². The number of hydrogen-bond acceptors (Lipinski definition) is 4. The zero-order chi connectivity index (χ0) is 11.8. The summed E-state index contributed by atoms with van der Waals surface area (Å²) in [5.41, 5.74) is 1.43. The minimum Gasteiger partial charge on any atom is -0.460 e. The van der Waals surface area contributed by atoms with Crippen molar-refractivity contribution in [1.29, 1.82) is 0 Å². The number of aliphatic hydroxyl groups excluding tert-OH is 1. The molecule has 0 amide bonds. The van der Waals surface area contributed by atoms with Gasteiger partial charge in [-0.1, -0.05) is 0 Å². The quantitative estimate of drug-likeness (QED) is 0.810. The second kappa shape index (κ2) is 3.82. The third kappa shape index (κ3) is 1.76. The summed E-state index contributed by atoms with van der Waals surface area (Å²) in [6.07, 6.45) is 3.33. The number of carbonyl (C=O) groups excluding carboxylic acids is 1. The highest BCUT2D eigenvalue weighted by molar-refractivity contribution is 5.99. The third-order valence-electron chi connectivity index (χ3n) is 2.90. The summed E-state index contributed by atoms with van der Waals surface area (Å²) >= 11 is 0. The number of furan rings is 1. The van der Waals surface area contributed by atoms with E-state index in [1.54, 1.807) is 18.5 Å². The molecule has 4 nitrogen and oxygen atoms in total. The van der Waals surface area contributed by atoms with Crippen LogP contribution in [0.5, 0.6) is 0 Å². The van der Waals surface area contributed by atoms with E-state index in [0.29, 0.717) is 23.5 Å². The smallest absolute Gasteiger partial charge is 0.169 e. The number of hydrogen-bond donors (Lipinski definition) is 1.